The van der Waals surface area contributed by atoms with Gasteiger partial charge in [-0.05, 0) is 13.8 Å². The Balaban J connectivity index is 0. The zero-order valence-electron chi connectivity index (χ0n) is 8.37. The first kappa shape index (κ1) is 13.5. The van der Waals surface area contributed by atoms with Crippen LogP contribution in [0.25, 0.3) is 0 Å². The van der Waals surface area contributed by atoms with E-state index in [1.807, 2.05) is 32.0 Å². The molecule has 1 aromatic carbocycles. The lowest BCUT2D eigenvalue weighted by molar-refractivity contribution is -0.106. The maximum absolute atomic E-state index is 8.81. The molecule has 0 atom stereocenters. The van der Waals surface area contributed by atoms with Crippen LogP contribution in [0, 0.1) is 6.92 Å². The minimum absolute atomic E-state index is 0.750. The number of carbonyl (C=O) groups is 1. The van der Waals surface area contributed by atoms with Gasteiger partial charge in [0.1, 0.15) is 6.29 Å². The van der Waals surface area contributed by atoms with Gasteiger partial charge >= 0.3 is 0 Å². The second kappa shape index (κ2) is 12.6. The molecule has 1 nitrogen and oxygen atoms in total. The van der Waals surface area contributed by atoms with E-state index in [1.165, 1.54) is 12.5 Å². The molecule has 0 aliphatic carbocycles. The Morgan fingerprint density at radius 3 is 1.58 bits per heavy atom. The summed E-state index contributed by atoms with van der Waals surface area (Å²) < 4.78 is 0. The number of aryl methyl sites for hydroxylation is 1. The van der Waals surface area contributed by atoms with Crippen LogP contribution in [0.4, 0.5) is 0 Å². The van der Waals surface area contributed by atoms with E-state index in [0.717, 1.165) is 6.29 Å². The first-order valence-electron chi connectivity index (χ1n) is 4.22. The van der Waals surface area contributed by atoms with Crippen molar-refractivity contribution in [2.75, 3.05) is 0 Å². The number of rotatable bonds is 0. The Labute approximate surface area is 75.4 Å². The summed E-state index contributed by atoms with van der Waals surface area (Å²) in [5.41, 5.74) is 1.32. The predicted octanol–water partition coefficient (Wildman–Crippen LogP) is 3.23. The van der Waals surface area contributed by atoms with E-state index in [2.05, 4.69) is 19.1 Å². The highest BCUT2D eigenvalue weighted by Gasteiger charge is 1.72. The second-order valence-corrected chi connectivity index (χ2v) is 1.89. The van der Waals surface area contributed by atoms with Crippen molar-refractivity contribution >= 4 is 6.29 Å². The summed E-state index contributed by atoms with van der Waals surface area (Å²) in [4.78, 5) is 8.81. The van der Waals surface area contributed by atoms with Crippen molar-refractivity contribution in [1.82, 2.24) is 0 Å². The van der Waals surface area contributed by atoms with Gasteiger partial charge in [0.2, 0.25) is 0 Å². The number of hydrogen-bond donors (Lipinski definition) is 0. The zero-order valence-corrected chi connectivity index (χ0v) is 8.37. The summed E-state index contributed by atoms with van der Waals surface area (Å²) in [5, 5.41) is 0. The lowest BCUT2D eigenvalue weighted by atomic mass is 10.2. The molecule has 0 bridgehead atoms. The first-order chi connectivity index (χ1) is 5.81. The number of carbonyl (C=O) groups excluding carboxylic acids is 1. The standard InChI is InChI=1S/C7H8.C2H4O.C2H6/c1-7-5-3-2-4-6-7;1-2-3;1-2/h2-6H,1H3;2H,1H3;1-2H3. The van der Waals surface area contributed by atoms with Crippen LogP contribution in [0.5, 0.6) is 0 Å². The monoisotopic (exact) mass is 166 g/mol. The van der Waals surface area contributed by atoms with Gasteiger partial charge in [-0.3, -0.25) is 0 Å². The van der Waals surface area contributed by atoms with E-state index in [1.54, 1.807) is 0 Å². The van der Waals surface area contributed by atoms with Crippen LogP contribution in [0.2, 0.25) is 0 Å². The van der Waals surface area contributed by atoms with E-state index < -0.39 is 0 Å². The summed E-state index contributed by atoms with van der Waals surface area (Å²) in [6.45, 7) is 7.53. The summed E-state index contributed by atoms with van der Waals surface area (Å²) in [6, 6.07) is 10.3. The van der Waals surface area contributed by atoms with Crippen LogP contribution in [-0.2, 0) is 4.79 Å². The van der Waals surface area contributed by atoms with Crippen LogP contribution >= 0.6 is 0 Å². The fraction of sp³-hybridized carbons (Fsp3) is 0.364. The van der Waals surface area contributed by atoms with Crippen molar-refractivity contribution in [2.24, 2.45) is 0 Å². The SMILES string of the molecule is CC.CC=O.Cc1ccccc1. The normalized spacial score (nSPS) is 6.67. The molecule has 1 heteroatoms. The maximum Gasteiger partial charge on any atom is 0.116 e. The molecule has 0 aliphatic rings. The van der Waals surface area contributed by atoms with E-state index in [0.29, 0.717) is 0 Å². The topological polar surface area (TPSA) is 17.1 Å². The highest BCUT2D eigenvalue weighted by atomic mass is 16.1. The smallest absolute Gasteiger partial charge is 0.116 e. The van der Waals surface area contributed by atoms with Crippen molar-refractivity contribution in [3.63, 3.8) is 0 Å². The van der Waals surface area contributed by atoms with Crippen molar-refractivity contribution in [1.29, 1.82) is 0 Å². The number of aldehydes is 1. The predicted molar refractivity (Wildman–Crippen MR) is 54.3 cm³/mol. The molecule has 0 N–H and O–H groups in total. The molecule has 68 valence electrons. The fourth-order valence-corrected chi connectivity index (χ4v) is 0.534. The summed E-state index contributed by atoms with van der Waals surface area (Å²) >= 11 is 0. The highest BCUT2D eigenvalue weighted by molar-refractivity contribution is 5.44. The molecule has 1 aromatic rings. The van der Waals surface area contributed by atoms with Gasteiger partial charge in [-0.25, -0.2) is 0 Å². The Morgan fingerprint density at radius 1 is 1.08 bits per heavy atom. The van der Waals surface area contributed by atoms with Gasteiger partial charge in [0.05, 0.1) is 0 Å². The molecule has 0 aliphatic heterocycles. The average molecular weight is 166 g/mol. The van der Waals surface area contributed by atoms with E-state index >= 15 is 0 Å². The molecule has 0 saturated heterocycles. The lowest BCUT2D eigenvalue weighted by Gasteiger charge is -1.82. The van der Waals surface area contributed by atoms with E-state index in [9.17, 15) is 0 Å². The first-order valence-corrected chi connectivity index (χ1v) is 4.22. The van der Waals surface area contributed by atoms with Crippen LogP contribution in [0.1, 0.15) is 26.3 Å². The van der Waals surface area contributed by atoms with Gasteiger partial charge in [0, 0.05) is 0 Å². The minimum Gasteiger partial charge on any atom is -0.304 e. The van der Waals surface area contributed by atoms with Gasteiger partial charge in [-0.2, -0.15) is 0 Å². The van der Waals surface area contributed by atoms with Gasteiger partial charge in [-0.15, -0.1) is 0 Å². The molecule has 1 rings (SSSR count). The summed E-state index contributed by atoms with van der Waals surface area (Å²) in [5.74, 6) is 0. The zero-order chi connectivity index (χ0) is 9.82. The van der Waals surface area contributed by atoms with Crippen LogP contribution in [-0.4, -0.2) is 6.29 Å². The molecule has 0 heterocycles. The molecule has 0 aromatic heterocycles. The molecule has 0 unspecified atom stereocenters. The minimum atomic E-state index is 0.750. The molecule has 0 fully saturated rings. The van der Waals surface area contributed by atoms with Crippen LogP contribution in [0.15, 0.2) is 30.3 Å². The van der Waals surface area contributed by atoms with E-state index in [-0.39, 0.29) is 0 Å². The fourth-order valence-electron chi connectivity index (χ4n) is 0.534. The molecule has 0 amide bonds. The number of benzene rings is 1. The third-order valence-corrected chi connectivity index (χ3v) is 0.940. The molecule has 0 radical (unpaired) electrons. The summed E-state index contributed by atoms with van der Waals surface area (Å²) in [6.07, 6.45) is 0.750. The van der Waals surface area contributed by atoms with E-state index in [4.69, 9.17) is 4.79 Å². The molecule has 0 spiro atoms. The Kier molecular flexibility index (Phi) is 14.1. The summed E-state index contributed by atoms with van der Waals surface area (Å²) in [7, 11) is 0. The van der Waals surface area contributed by atoms with Gasteiger partial charge in [-0.1, -0.05) is 49.7 Å². The Bertz CT molecular complexity index is 168. The second-order valence-electron chi connectivity index (χ2n) is 1.89. The largest absolute Gasteiger partial charge is 0.304 e. The van der Waals surface area contributed by atoms with Gasteiger partial charge in [0.15, 0.2) is 0 Å². The Hall–Kier alpha value is -1.11. The van der Waals surface area contributed by atoms with Crippen molar-refractivity contribution in [2.45, 2.75) is 27.7 Å². The van der Waals surface area contributed by atoms with Crippen LogP contribution < -0.4 is 0 Å². The third-order valence-electron chi connectivity index (χ3n) is 0.940. The lowest BCUT2D eigenvalue weighted by Crippen LogP contribution is -1.62. The van der Waals surface area contributed by atoms with Gasteiger partial charge < -0.3 is 4.79 Å². The third kappa shape index (κ3) is 11.7. The van der Waals surface area contributed by atoms with Crippen molar-refractivity contribution in [3.8, 4) is 0 Å². The van der Waals surface area contributed by atoms with Crippen molar-refractivity contribution in [3.05, 3.63) is 35.9 Å². The maximum atomic E-state index is 8.81. The van der Waals surface area contributed by atoms with Crippen LogP contribution in [0.3, 0.4) is 0 Å². The average Bonchev–Trinajstić information content (AvgIpc) is 2.11. The molecule has 12 heavy (non-hydrogen) atoms. The highest BCUT2D eigenvalue weighted by Crippen LogP contribution is 1.92. The Morgan fingerprint density at radius 2 is 1.42 bits per heavy atom. The molecular formula is C11H18O. The molecule has 0 saturated carbocycles. The quantitative estimate of drug-likeness (QED) is 0.541. The van der Waals surface area contributed by atoms with Crippen molar-refractivity contribution < 1.29 is 4.79 Å². The van der Waals surface area contributed by atoms with Gasteiger partial charge in [0.25, 0.3) is 0 Å². The molecular weight excluding hydrogens is 148 g/mol. The number of hydrogen-bond acceptors (Lipinski definition) is 1.